The number of allylic oxidation sites excluding steroid dienone is 3. The summed E-state index contributed by atoms with van der Waals surface area (Å²) >= 11 is 6.17. The van der Waals surface area contributed by atoms with Crippen molar-refractivity contribution in [3.8, 4) is 5.75 Å². The smallest absolute Gasteiger partial charge is 0.336 e. The van der Waals surface area contributed by atoms with Crippen LogP contribution in [-0.4, -0.2) is 39.2 Å². The van der Waals surface area contributed by atoms with E-state index in [0.717, 1.165) is 5.56 Å². The number of benzene rings is 2. The number of hydrogen-bond donors (Lipinski definition) is 1. The lowest BCUT2D eigenvalue weighted by molar-refractivity contribution is -0.140. The number of carbonyl (C=O) groups is 2. The summed E-state index contributed by atoms with van der Waals surface area (Å²) in [6, 6.07) is 12.4. The fourth-order valence-corrected chi connectivity index (χ4v) is 5.54. The molecule has 9 heteroatoms. The first-order valence-electron chi connectivity index (χ1n) is 12.6. The second-order valence-electron chi connectivity index (χ2n) is 9.58. The van der Waals surface area contributed by atoms with Gasteiger partial charge in [-0.3, -0.25) is 9.59 Å². The van der Waals surface area contributed by atoms with Crippen LogP contribution in [0.1, 0.15) is 42.7 Å². The van der Waals surface area contributed by atoms with Crippen LogP contribution in [0.5, 0.6) is 5.75 Å². The first-order chi connectivity index (χ1) is 18.8. The number of fused-ring (bicyclic) bond motifs is 1. The summed E-state index contributed by atoms with van der Waals surface area (Å²) in [6.45, 7) is 1.98. The number of hydrogen-bond acceptors (Lipinski definition) is 8. The molecule has 0 radical (unpaired) electrons. The van der Waals surface area contributed by atoms with Crippen molar-refractivity contribution in [2.45, 2.75) is 31.6 Å². The molecule has 202 valence electrons. The molecule has 2 atom stereocenters. The van der Waals surface area contributed by atoms with Gasteiger partial charge in [0.1, 0.15) is 17.9 Å². The second-order valence-corrected chi connectivity index (χ2v) is 10.0. The monoisotopic (exact) mass is 549 g/mol. The van der Waals surface area contributed by atoms with Crippen LogP contribution in [0.4, 0.5) is 0 Å². The van der Waals surface area contributed by atoms with Crippen LogP contribution in [0.3, 0.4) is 0 Å². The standard InChI is InChI=1S/C30H28ClNO7/c1-16-26(30(35)38-10-9-36-2)27(22-15-39-25-8-7-19(31)14-21(25)29(22)34)28-23(32-16)12-18(13-24(28)33)17-5-4-6-20(11-17)37-3/h4-8,11,14-15,18,27,32H,9-10,12-13H2,1-3H3. The Morgan fingerprint density at radius 2 is 1.92 bits per heavy atom. The van der Waals surface area contributed by atoms with Crippen molar-refractivity contribution in [1.29, 1.82) is 0 Å². The third-order valence-corrected chi connectivity index (χ3v) is 7.44. The summed E-state index contributed by atoms with van der Waals surface area (Å²) < 4.78 is 21.6. The van der Waals surface area contributed by atoms with E-state index < -0.39 is 11.9 Å². The first kappa shape index (κ1) is 26.7. The molecule has 2 heterocycles. The van der Waals surface area contributed by atoms with Crippen molar-refractivity contribution in [1.82, 2.24) is 5.32 Å². The molecular weight excluding hydrogens is 522 g/mol. The van der Waals surface area contributed by atoms with Crippen LogP contribution >= 0.6 is 11.6 Å². The van der Waals surface area contributed by atoms with E-state index >= 15 is 0 Å². The summed E-state index contributed by atoms with van der Waals surface area (Å²) in [5.74, 6) is -1.16. The maximum Gasteiger partial charge on any atom is 0.336 e. The van der Waals surface area contributed by atoms with Crippen molar-refractivity contribution in [2.24, 2.45) is 0 Å². The molecule has 0 spiro atoms. The average molecular weight is 550 g/mol. The number of methoxy groups -OCH3 is 2. The summed E-state index contributed by atoms with van der Waals surface area (Å²) in [6.07, 6.45) is 2.05. The highest BCUT2D eigenvalue weighted by molar-refractivity contribution is 6.31. The van der Waals surface area contributed by atoms with Crippen LogP contribution < -0.4 is 15.5 Å². The van der Waals surface area contributed by atoms with E-state index in [1.165, 1.54) is 19.4 Å². The lowest BCUT2D eigenvalue weighted by Crippen LogP contribution is -2.37. The number of carbonyl (C=O) groups excluding carboxylic acids is 2. The Morgan fingerprint density at radius 1 is 1.10 bits per heavy atom. The Bertz CT molecular complexity index is 1590. The largest absolute Gasteiger partial charge is 0.497 e. The zero-order chi connectivity index (χ0) is 27.7. The highest BCUT2D eigenvalue weighted by Gasteiger charge is 2.43. The van der Waals surface area contributed by atoms with Crippen molar-refractivity contribution < 1.29 is 28.2 Å². The summed E-state index contributed by atoms with van der Waals surface area (Å²) in [7, 11) is 3.11. The molecule has 1 aromatic heterocycles. The summed E-state index contributed by atoms with van der Waals surface area (Å²) in [4.78, 5) is 41.0. The zero-order valence-electron chi connectivity index (χ0n) is 21.8. The second kappa shape index (κ2) is 11.1. The van der Waals surface area contributed by atoms with E-state index in [0.29, 0.717) is 39.7 Å². The molecule has 2 aromatic carbocycles. The average Bonchev–Trinajstić information content (AvgIpc) is 2.93. The molecule has 2 aliphatic rings. The Balaban J connectivity index is 1.64. The van der Waals surface area contributed by atoms with Crippen LogP contribution in [0.15, 0.2) is 80.5 Å². The number of Topliss-reactive ketones (excluding diaryl/α,β-unsaturated/α-hetero) is 1. The predicted molar refractivity (Wildman–Crippen MR) is 146 cm³/mol. The van der Waals surface area contributed by atoms with Crippen molar-refractivity contribution >= 4 is 34.3 Å². The molecule has 0 amide bonds. The van der Waals surface area contributed by atoms with Gasteiger partial charge in [0.2, 0.25) is 0 Å². The maximum absolute atomic E-state index is 13.8. The Labute approximate surface area is 230 Å². The Morgan fingerprint density at radius 3 is 2.69 bits per heavy atom. The highest BCUT2D eigenvalue weighted by atomic mass is 35.5. The quantitative estimate of drug-likeness (QED) is 0.324. The van der Waals surface area contributed by atoms with E-state index in [1.807, 2.05) is 24.3 Å². The molecule has 8 nitrogen and oxygen atoms in total. The molecule has 1 aliphatic carbocycles. The van der Waals surface area contributed by atoms with Crippen LogP contribution in [0.25, 0.3) is 11.0 Å². The van der Waals surface area contributed by atoms with Gasteiger partial charge in [-0.15, -0.1) is 0 Å². The summed E-state index contributed by atoms with van der Waals surface area (Å²) in [5.41, 5.74) is 2.86. The van der Waals surface area contributed by atoms with Gasteiger partial charge in [0.05, 0.1) is 36.9 Å². The molecule has 0 saturated carbocycles. The van der Waals surface area contributed by atoms with E-state index in [4.69, 9.17) is 30.2 Å². The van der Waals surface area contributed by atoms with E-state index in [1.54, 1.807) is 26.2 Å². The molecule has 2 unspecified atom stereocenters. The van der Waals surface area contributed by atoms with E-state index in [9.17, 15) is 14.4 Å². The molecule has 0 saturated heterocycles. The lowest BCUT2D eigenvalue weighted by Gasteiger charge is -2.36. The van der Waals surface area contributed by atoms with Gasteiger partial charge in [0, 0.05) is 41.1 Å². The fraction of sp³-hybridized carbons (Fsp3) is 0.300. The van der Waals surface area contributed by atoms with Gasteiger partial charge in [0.25, 0.3) is 0 Å². The normalized spacial score (nSPS) is 19.1. The maximum atomic E-state index is 13.8. The molecule has 1 aliphatic heterocycles. The summed E-state index contributed by atoms with van der Waals surface area (Å²) in [5, 5.41) is 3.92. The number of halogens is 1. The van der Waals surface area contributed by atoms with Crippen molar-refractivity contribution in [3.05, 3.63) is 97.6 Å². The fourth-order valence-electron chi connectivity index (χ4n) is 5.36. The number of rotatable bonds is 7. The van der Waals surface area contributed by atoms with Gasteiger partial charge in [0.15, 0.2) is 11.2 Å². The first-order valence-corrected chi connectivity index (χ1v) is 12.9. The third kappa shape index (κ3) is 5.10. The van der Waals surface area contributed by atoms with Gasteiger partial charge in [-0.05, 0) is 55.2 Å². The minimum atomic E-state index is -0.963. The van der Waals surface area contributed by atoms with Gasteiger partial charge in [-0.1, -0.05) is 23.7 Å². The van der Waals surface area contributed by atoms with Gasteiger partial charge < -0.3 is 23.9 Å². The van der Waals surface area contributed by atoms with Gasteiger partial charge >= 0.3 is 5.97 Å². The third-order valence-electron chi connectivity index (χ3n) is 7.21. The molecule has 5 rings (SSSR count). The number of nitrogens with one attached hydrogen (secondary N) is 1. The number of ketones is 1. The Hall–Kier alpha value is -3.88. The lowest BCUT2D eigenvalue weighted by atomic mass is 9.72. The zero-order valence-corrected chi connectivity index (χ0v) is 22.6. The molecule has 39 heavy (non-hydrogen) atoms. The van der Waals surface area contributed by atoms with Crippen LogP contribution in [0, 0.1) is 0 Å². The van der Waals surface area contributed by atoms with E-state index in [-0.39, 0.29) is 53.3 Å². The van der Waals surface area contributed by atoms with Crippen molar-refractivity contribution in [3.63, 3.8) is 0 Å². The van der Waals surface area contributed by atoms with Crippen LogP contribution in [-0.2, 0) is 19.1 Å². The number of ether oxygens (including phenoxy) is 3. The minimum Gasteiger partial charge on any atom is -0.497 e. The SMILES string of the molecule is COCCOC(=O)C1=C(C)NC2=C(C(=O)CC(c3cccc(OC)c3)C2)C1c1coc2ccc(Cl)cc2c1=O. The van der Waals surface area contributed by atoms with E-state index in [2.05, 4.69) is 5.32 Å². The van der Waals surface area contributed by atoms with Gasteiger partial charge in [-0.25, -0.2) is 4.79 Å². The molecule has 1 N–H and O–H groups in total. The minimum absolute atomic E-state index is 0.0263. The predicted octanol–water partition coefficient (Wildman–Crippen LogP) is 5.01. The molecular formula is C30H28ClNO7. The highest BCUT2D eigenvalue weighted by Crippen LogP contribution is 2.45. The molecule has 0 fully saturated rings. The number of esters is 1. The Kier molecular flexibility index (Phi) is 7.59. The number of dihydropyridines is 1. The molecule has 3 aromatic rings. The van der Waals surface area contributed by atoms with Crippen LogP contribution in [0.2, 0.25) is 5.02 Å². The molecule has 0 bridgehead atoms. The van der Waals surface area contributed by atoms with Crippen molar-refractivity contribution in [2.75, 3.05) is 27.4 Å². The topological polar surface area (TPSA) is 104 Å². The van der Waals surface area contributed by atoms with Gasteiger partial charge in [-0.2, -0.15) is 0 Å².